The topological polar surface area (TPSA) is 45.1 Å². The molecule has 0 N–H and O–H groups in total. The van der Waals surface area contributed by atoms with Crippen molar-refractivity contribution in [3.05, 3.63) is 29.3 Å². The summed E-state index contributed by atoms with van der Waals surface area (Å²) < 4.78 is 5.51. The van der Waals surface area contributed by atoms with Crippen molar-refractivity contribution in [3.8, 4) is 12.3 Å². The fourth-order valence-corrected chi connectivity index (χ4v) is 1.29. The van der Waals surface area contributed by atoms with Crippen LogP contribution < -0.4 is 0 Å². The molecule has 0 aromatic rings. The second kappa shape index (κ2) is 5.93. The van der Waals surface area contributed by atoms with Crippen LogP contribution in [0.25, 0.3) is 0 Å². The third-order valence-corrected chi connectivity index (χ3v) is 2.20. The second-order valence-corrected chi connectivity index (χ2v) is 3.49. The fourth-order valence-electron chi connectivity index (χ4n) is 1.29. The van der Waals surface area contributed by atoms with Gasteiger partial charge in [-0.25, -0.2) is 0 Å². The maximum Gasteiger partial charge on any atom is 0.136 e. The first-order chi connectivity index (χ1) is 7.69. The molecule has 0 saturated heterocycles. The third-order valence-electron chi connectivity index (χ3n) is 2.20. The highest BCUT2D eigenvalue weighted by Gasteiger charge is 2.17. The van der Waals surface area contributed by atoms with E-state index in [2.05, 4.69) is 11.1 Å². The van der Waals surface area contributed by atoms with E-state index in [-0.39, 0.29) is 6.10 Å². The first kappa shape index (κ1) is 12.3. The molecule has 0 spiro atoms. The zero-order chi connectivity index (χ0) is 12.0. The van der Waals surface area contributed by atoms with Crippen LogP contribution in [0.4, 0.5) is 0 Å². The Kier molecular flexibility index (Phi) is 4.55. The van der Waals surface area contributed by atoms with Crippen LogP contribution in [-0.2, 0) is 4.74 Å². The molecule has 1 rings (SSSR count). The number of nitrogens with zero attached hydrogens (tertiary/aromatic N) is 3. The van der Waals surface area contributed by atoms with Gasteiger partial charge in [-0.15, -0.1) is 17.3 Å². The van der Waals surface area contributed by atoms with E-state index in [4.69, 9.17) is 11.2 Å². The number of nitroso groups, excluding NO2 is 1. The number of hydrogen-bond donors (Lipinski definition) is 0. The van der Waals surface area contributed by atoms with Crippen LogP contribution in [0.5, 0.6) is 0 Å². The highest BCUT2D eigenvalue weighted by molar-refractivity contribution is 5.12. The van der Waals surface area contributed by atoms with Crippen LogP contribution in [0.2, 0.25) is 0 Å². The van der Waals surface area contributed by atoms with Crippen LogP contribution in [-0.4, -0.2) is 29.7 Å². The molecule has 0 saturated carbocycles. The quantitative estimate of drug-likeness (QED) is 0.523. The lowest BCUT2D eigenvalue weighted by atomic mass is 10.3. The Morgan fingerprint density at radius 1 is 1.69 bits per heavy atom. The molecule has 0 bridgehead atoms. The normalized spacial score (nSPS) is 18.9. The average molecular weight is 221 g/mol. The van der Waals surface area contributed by atoms with Crippen molar-refractivity contribution in [1.29, 1.82) is 0 Å². The molecular formula is C11H15N3O2. The Morgan fingerprint density at radius 3 is 3.06 bits per heavy atom. The van der Waals surface area contributed by atoms with Crippen molar-refractivity contribution in [2.75, 3.05) is 13.8 Å². The van der Waals surface area contributed by atoms with Gasteiger partial charge in [0.1, 0.15) is 18.8 Å². The highest BCUT2D eigenvalue weighted by Crippen LogP contribution is 2.17. The summed E-state index contributed by atoms with van der Waals surface area (Å²) in [5.74, 6) is 3.22. The molecule has 1 heterocycles. The zero-order valence-corrected chi connectivity index (χ0v) is 9.46. The summed E-state index contributed by atoms with van der Waals surface area (Å²) in [6, 6.07) is 0. The number of rotatable bonds is 5. The standard InChI is InChI=1S/C11H15N3O2/c1-4-5-10(2)16-9-14-7-6-13(3)11(14)8-12-15/h1,6-8,10H,5,9H2,2-3H3/b11-8-. The fraction of sp³-hybridized carbons (Fsp3) is 0.455. The molecule has 0 aromatic carbocycles. The van der Waals surface area contributed by atoms with Gasteiger partial charge in [0, 0.05) is 25.9 Å². The van der Waals surface area contributed by atoms with Gasteiger partial charge in [-0.05, 0) is 12.1 Å². The van der Waals surface area contributed by atoms with E-state index in [1.807, 2.05) is 26.4 Å². The van der Waals surface area contributed by atoms with E-state index in [9.17, 15) is 4.91 Å². The van der Waals surface area contributed by atoms with Crippen molar-refractivity contribution in [1.82, 2.24) is 9.80 Å². The molecule has 1 unspecified atom stereocenters. The Bertz CT molecular complexity index is 344. The summed E-state index contributed by atoms with van der Waals surface area (Å²) in [6.45, 7) is 2.26. The van der Waals surface area contributed by atoms with E-state index in [0.29, 0.717) is 19.0 Å². The lowest BCUT2D eigenvalue weighted by Crippen LogP contribution is -2.25. The molecule has 86 valence electrons. The maximum absolute atomic E-state index is 10.2. The minimum atomic E-state index is -0.00486. The van der Waals surface area contributed by atoms with Gasteiger partial charge >= 0.3 is 0 Å². The summed E-state index contributed by atoms with van der Waals surface area (Å²) in [7, 11) is 1.83. The van der Waals surface area contributed by atoms with Crippen LogP contribution >= 0.6 is 0 Å². The SMILES string of the molecule is C#CCC(C)OCN1C=CN(C)/C1=C/N=O. The van der Waals surface area contributed by atoms with Crippen LogP contribution in [0.1, 0.15) is 13.3 Å². The molecular weight excluding hydrogens is 206 g/mol. The van der Waals surface area contributed by atoms with Gasteiger partial charge in [0.2, 0.25) is 0 Å². The van der Waals surface area contributed by atoms with Crippen LogP contribution in [0.15, 0.2) is 29.6 Å². The van der Waals surface area contributed by atoms with Gasteiger partial charge in [-0.2, -0.15) is 0 Å². The molecule has 1 aliphatic heterocycles. The Morgan fingerprint density at radius 2 is 2.44 bits per heavy atom. The van der Waals surface area contributed by atoms with Gasteiger partial charge < -0.3 is 14.5 Å². The minimum Gasteiger partial charge on any atom is -0.357 e. The molecule has 0 radical (unpaired) electrons. The van der Waals surface area contributed by atoms with E-state index < -0.39 is 0 Å². The van der Waals surface area contributed by atoms with Crippen LogP contribution in [0, 0.1) is 17.3 Å². The van der Waals surface area contributed by atoms with Crippen molar-refractivity contribution >= 4 is 0 Å². The van der Waals surface area contributed by atoms with E-state index in [1.165, 1.54) is 6.20 Å². The summed E-state index contributed by atoms with van der Waals surface area (Å²) in [5, 5.41) is 2.76. The van der Waals surface area contributed by atoms with Gasteiger partial charge in [0.15, 0.2) is 0 Å². The molecule has 0 fully saturated rings. The number of hydrogen-bond acceptors (Lipinski definition) is 5. The molecule has 5 nitrogen and oxygen atoms in total. The van der Waals surface area contributed by atoms with Gasteiger partial charge in [0.25, 0.3) is 0 Å². The molecule has 1 aliphatic rings. The Balaban J connectivity index is 2.49. The molecule has 16 heavy (non-hydrogen) atoms. The summed E-state index contributed by atoms with van der Waals surface area (Å²) in [6.07, 6.45) is 10.6. The molecule has 0 aliphatic carbocycles. The maximum atomic E-state index is 10.2. The zero-order valence-electron chi connectivity index (χ0n) is 9.46. The average Bonchev–Trinajstić information content (AvgIpc) is 2.59. The number of ether oxygens (including phenoxy) is 1. The van der Waals surface area contributed by atoms with E-state index in [0.717, 1.165) is 0 Å². The molecule has 0 amide bonds. The summed E-state index contributed by atoms with van der Waals surface area (Å²) in [4.78, 5) is 13.8. The molecule has 0 aromatic heterocycles. The first-order valence-corrected chi connectivity index (χ1v) is 4.94. The summed E-state index contributed by atoms with van der Waals surface area (Å²) in [5.41, 5.74) is 0. The predicted molar refractivity (Wildman–Crippen MR) is 61.5 cm³/mol. The lowest BCUT2D eigenvalue weighted by Gasteiger charge is -2.22. The largest absolute Gasteiger partial charge is 0.357 e. The van der Waals surface area contributed by atoms with Gasteiger partial charge in [0.05, 0.1) is 6.10 Å². The Hall–Kier alpha value is -1.80. The highest BCUT2D eigenvalue weighted by atomic mass is 16.5. The first-order valence-electron chi connectivity index (χ1n) is 4.94. The predicted octanol–water partition coefficient (Wildman–Crippen LogP) is 1.66. The lowest BCUT2D eigenvalue weighted by molar-refractivity contribution is 0.0162. The van der Waals surface area contributed by atoms with Crippen molar-refractivity contribution in [2.24, 2.45) is 5.18 Å². The smallest absolute Gasteiger partial charge is 0.136 e. The Labute approximate surface area is 95.3 Å². The van der Waals surface area contributed by atoms with Gasteiger partial charge in [-0.1, -0.05) is 0 Å². The van der Waals surface area contributed by atoms with E-state index in [1.54, 1.807) is 9.80 Å². The van der Waals surface area contributed by atoms with E-state index >= 15 is 0 Å². The monoisotopic (exact) mass is 221 g/mol. The van der Waals surface area contributed by atoms with Crippen LogP contribution in [0.3, 0.4) is 0 Å². The number of terminal acetylenes is 1. The molecule has 5 heteroatoms. The van der Waals surface area contributed by atoms with Gasteiger partial charge in [-0.3, -0.25) is 0 Å². The second-order valence-electron chi connectivity index (χ2n) is 3.49. The van der Waals surface area contributed by atoms with Crippen molar-refractivity contribution in [2.45, 2.75) is 19.4 Å². The van der Waals surface area contributed by atoms with Crippen molar-refractivity contribution in [3.63, 3.8) is 0 Å². The third kappa shape index (κ3) is 3.11. The summed E-state index contributed by atoms with van der Waals surface area (Å²) >= 11 is 0. The molecule has 1 atom stereocenters. The van der Waals surface area contributed by atoms with Crippen molar-refractivity contribution < 1.29 is 4.74 Å². The minimum absolute atomic E-state index is 0.00486.